The van der Waals surface area contributed by atoms with E-state index in [0.29, 0.717) is 19.4 Å². The van der Waals surface area contributed by atoms with E-state index in [1.807, 2.05) is 0 Å². The molecule has 0 unspecified atom stereocenters. The number of hydrogen-bond acceptors (Lipinski definition) is 6. The van der Waals surface area contributed by atoms with Crippen LogP contribution in [0.5, 0.6) is 0 Å². The van der Waals surface area contributed by atoms with Gasteiger partial charge >= 0.3 is 11.9 Å². The number of carboxylic acid groups (broad SMARTS) is 2. The van der Waals surface area contributed by atoms with Gasteiger partial charge in [0.05, 0.1) is 31.8 Å². The zero-order valence-corrected chi connectivity index (χ0v) is 18.7. The predicted molar refractivity (Wildman–Crippen MR) is 115 cm³/mol. The molecule has 0 rings (SSSR count). The largest absolute Gasteiger partial charge is 0.481 e. The third kappa shape index (κ3) is 21.5. The minimum absolute atomic E-state index is 0.117. The molecule has 0 aromatic carbocycles. The van der Waals surface area contributed by atoms with Crippen molar-refractivity contribution >= 4 is 11.9 Å². The SMILES string of the molecule is CCCCCCCCCC(=O)O.O=C(O)CCCCCCOCC(CO)(CO)CO. The molecule has 0 atom stereocenters. The van der Waals surface area contributed by atoms with Gasteiger partial charge in [-0.3, -0.25) is 9.59 Å². The summed E-state index contributed by atoms with van der Waals surface area (Å²) in [6.45, 7) is 1.83. The lowest BCUT2D eigenvalue weighted by molar-refractivity contribution is -0.138. The molecule has 0 bridgehead atoms. The number of aliphatic hydroxyl groups excluding tert-OH is 3. The number of carbonyl (C=O) groups is 2. The van der Waals surface area contributed by atoms with E-state index in [1.54, 1.807) is 0 Å². The summed E-state index contributed by atoms with van der Waals surface area (Å²) in [6.07, 6.45) is 12.0. The van der Waals surface area contributed by atoms with E-state index >= 15 is 0 Å². The van der Waals surface area contributed by atoms with Gasteiger partial charge in [0.15, 0.2) is 0 Å². The Bertz CT molecular complexity index is 388. The topological polar surface area (TPSA) is 145 Å². The van der Waals surface area contributed by atoms with Crippen LogP contribution in [0.25, 0.3) is 0 Å². The van der Waals surface area contributed by atoms with Crippen LogP contribution in [0.2, 0.25) is 0 Å². The van der Waals surface area contributed by atoms with Gasteiger partial charge in [-0.25, -0.2) is 0 Å². The Balaban J connectivity index is 0. The molecule has 0 radical (unpaired) electrons. The van der Waals surface area contributed by atoms with Gasteiger partial charge in [-0.1, -0.05) is 58.3 Å². The number of ether oxygens (including phenoxy) is 1. The average Bonchev–Trinajstić information content (AvgIpc) is 2.73. The summed E-state index contributed by atoms with van der Waals surface area (Å²) >= 11 is 0. The van der Waals surface area contributed by atoms with E-state index < -0.39 is 17.4 Å². The molecule has 0 heterocycles. The van der Waals surface area contributed by atoms with E-state index in [1.165, 1.54) is 32.1 Å². The molecule has 0 aromatic rings. The second-order valence-electron chi connectivity index (χ2n) is 7.85. The minimum atomic E-state index is -0.969. The second-order valence-corrected chi connectivity index (χ2v) is 7.85. The number of hydrogen-bond donors (Lipinski definition) is 5. The smallest absolute Gasteiger partial charge is 0.303 e. The Morgan fingerprint density at radius 3 is 1.47 bits per heavy atom. The molecule has 0 saturated heterocycles. The maximum Gasteiger partial charge on any atom is 0.303 e. The fourth-order valence-electron chi connectivity index (χ4n) is 2.64. The zero-order chi connectivity index (χ0) is 23.1. The molecule has 8 heteroatoms. The van der Waals surface area contributed by atoms with Crippen molar-refractivity contribution in [1.29, 1.82) is 0 Å². The van der Waals surface area contributed by atoms with Gasteiger partial charge < -0.3 is 30.3 Å². The van der Waals surface area contributed by atoms with Gasteiger partial charge in [0.1, 0.15) is 0 Å². The highest BCUT2D eigenvalue weighted by atomic mass is 16.5. The third-order valence-corrected chi connectivity index (χ3v) is 4.84. The van der Waals surface area contributed by atoms with Crippen LogP contribution in [0, 0.1) is 5.41 Å². The van der Waals surface area contributed by atoms with Crippen LogP contribution in [0.3, 0.4) is 0 Å². The lowest BCUT2D eigenvalue weighted by Gasteiger charge is -2.26. The van der Waals surface area contributed by atoms with Crippen molar-refractivity contribution in [3.63, 3.8) is 0 Å². The molecule has 180 valence electrons. The highest BCUT2D eigenvalue weighted by Crippen LogP contribution is 2.15. The molecule has 5 N–H and O–H groups in total. The van der Waals surface area contributed by atoms with Crippen molar-refractivity contribution in [3.8, 4) is 0 Å². The van der Waals surface area contributed by atoms with Crippen molar-refractivity contribution in [2.45, 2.75) is 90.4 Å². The van der Waals surface area contributed by atoms with E-state index in [2.05, 4.69) is 6.92 Å². The van der Waals surface area contributed by atoms with Crippen LogP contribution >= 0.6 is 0 Å². The first kappa shape index (κ1) is 31.0. The van der Waals surface area contributed by atoms with Gasteiger partial charge in [0.25, 0.3) is 0 Å². The van der Waals surface area contributed by atoms with Crippen LogP contribution in [0.1, 0.15) is 90.4 Å². The molecular formula is C22H44O8. The number of aliphatic carboxylic acids is 2. The monoisotopic (exact) mass is 436 g/mol. The van der Waals surface area contributed by atoms with Crippen molar-refractivity contribution < 1.29 is 39.9 Å². The van der Waals surface area contributed by atoms with Crippen LogP contribution < -0.4 is 0 Å². The summed E-state index contributed by atoms with van der Waals surface area (Å²) in [7, 11) is 0. The maximum atomic E-state index is 10.2. The third-order valence-electron chi connectivity index (χ3n) is 4.84. The summed E-state index contributed by atoms with van der Waals surface area (Å²) in [6, 6.07) is 0. The molecule has 0 saturated carbocycles. The first-order chi connectivity index (χ1) is 14.4. The Morgan fingerprint density at radius 2 is 1.07 bits per heavy atom. The number of unbranched alkanes of at least 4 members (excludes halogenated alkanes) is 9. The fourth-order valence-corrected chi connectivity index (χ4v) is 2.64. The Labute approximate surface area is 181 Å². The first-order valence-electron chi connectivity index (χ1n) is 11.2. The van der Waals surface area contributed by atoms with Crippen molar-refractivity contribution in [2.75, 3.05) is 33.0 Å². The van der Waals surface area contributed by atoms with Crippen molar-refractivity contribution in [2.24, 2.45) is 5.41 Å². The molecule has 0 spiro atoms. The molecule has 0 amide bonds. The minimum Gasteiger partial charge on any atom is -0.481 e. The van der Waals surface area contributed by atoms with E-state index in [9.17, 15) is 9.59 Å². The number of carboxylic acids is 2. The summed E-state index contributed by atoms with van der Waals surface area (Å²) in [5, 5.41) is 43.9. The van der Waals surface area contributed by atoms with E-state index in [4.69, 9.17) is 30.3 Å². The fraction of sp³-hybridized carbons (Fsp3) is 0.909. The Kier molecular flexibility index (Phi) is 23.2. The molecule has 8 nitrogen and oxygen atoms in total. The van der Waals surface area contributed by atoms with Crippen molar-refractivity contribution in [1.82, 2.24) is 0 Å². The van der Waals surface area contributed by atoms with Gasteiger partial charge in [0, 0.05) is 19.4 Å². The molecule has 0 aliphatic carbocycles. The molecule has 0 aliphatic rings. The van der Waals surface area contributed by atoms with Gasteiger partial charge in [-0.05, 0) is 19.3 Å². The van der Waals surface area contributed by atoms with Gasteiger partial charge in [-0.15, -0.1) is 0 Å². The van der Waals surface area contributed by atoms with Gasteiger partial charge in [-0.2, -0.15) is 0 Å². The highest BCUT2D eigenvalue weighted by Gasteiger charge is 2.28. The molecule has 0 aliphatic heterocycles. The lowest BCUT2D eigenvalue weighted by atomic mass is 9.93. The Morgan fingerprint density at radius 1 is 0.667 bits per heavy atom. The van der Waals surface area contributed by atoms with Crippen LogP contribution in [-0.4, -0.2) is 70.5 Å². The normalized spacial score (nSPS) is 11.1. The van der Waals surface area contributed by atoms with Crippen LogP contribution in [0.4, 0.5) is 0 Å². The number of aliphatic hydroxyl groups is 3. The first-order valence-corrected chi connectivity index (χ1v) is 11.2. The van der Waals surface area contributed by atoms with Gasteiger partial charge in [0.2, 0.25) is 0 Å². The molecule has 30 heavy (non-hydrogen) atoms. The second kappa shape index (κ2) is 22.5. The summed E-state index contributed by atoms with van der Waals surface area (Å²) in [5.41, 5.74) is -0.969. The molecule has 0 aromatic heterocycles. The summed E-state index contributed by atoms with van der Waals surface area (Å²) in [5.74, 6) is -1.44. The van der Waals surface area contributed by atoms with Crippen LogP contribution in [-0.2, 0) is 14.3 Å². The van der Waals surface area contributed by atoms with E-state index in [0.717, 1.165) is 32.1 Å². The summed E-state index contributed by atoms with van der Waals surface area (Å²) < 4.78 is 5.30. The number of rotatable bonds is 20. The molecule has 0 fully saturated rings. The van der Waals surface area contributed by atoms with Crippen LogP contribution in [0.15, 0.2) is 0 Å². The Hall–Kier alpha value is -1.22. The summed E-state index contributed by atoms with van der Waals surface area (Å²) in [4.78, 5) is 20.4. The predicted octanol–water partition coefficient (Wildman–Crippen LogP) is 3.21. The zero-order valence-electron chi connectivity index (χ0n) is 18.7. The highest BCUT2D eigenvalue weighted by molar-refractivity contribution is 5.66. The standard InChI is InChI=1S/C12H24O6.C10H20O2/c13-7-12(8-14,9-15)10-18-6-4-2-1-3-5-11(16)17;1-2-3-4-5-6-7-8-9-10(11)12/h13-15H,1-10H2,(H,16,17);2-9H2,1H3,(H,11,12). The average molecular weight is 437 g/mol. The lowest BCUT2D eigenvalue weighted by Crippen LogP contribution is -2.38. The van der Waals surface area contributed by atoms with Crippen molar-refractivity contribution in [3.05, 3.63) is 0 Å². The quantitative estimate of drug-likeness (QED) is 0.183. The van der Waals surface area contributed by atoms with E-state index in [-0.39, 0.29) is 32.8 Å². The molecular weight excluding hydrogens is 392 g/mol. The maximum absolute atomic E-state index is 10.2.